The zero-order chi connectivity index (χ0) is 11.5. The summed E-state index contributed by atoms with van der Waals surface area (Å²) in [5.41, 5.74) is 1.01. The Morgan fingerprint density at radius 3 is 2.81 bits per heavy atom. The van der Waals surface area contributed by atoms with E-state index < -0.39 is 0 Å². The van der Waals surface area contributed by atoms with Gasteiger partial charge in [0.1, 0.15) is 11.4 Å². The first-order valence-corrected chi connectivity index (χ1v) is 5.31. The van der Waals surface area contributed by atoms with Crippen molar-refractivity contribution in [3.05, 3.63) is 18.0 Å². The maximum absolute atomic E-state index is 11.6. The molecule has 1 saturated carbocycles. The molecule has 1 aromatic rings. The van der Waals surface area contributed by atoms with Gasteiger partial charge in [-0.15, -0.1) is 0 Å². The number of ether oxygens (including phenoxy) is 1. The van der Waals surface area contributed by atoms with Gasteiger partial charge in [0.25, 0.3) is 5.91 Å². The Bertz CT molecular complexity index is 402. The number of anilines is 1. The van der Waals surface area contributed by atoms with Crippen molar-refractivity contribution in [1.29, 1.82) is 0 Å². The summed E-state index contributed by atoms with van der Waals surface area (Å²) in [4.78, 5) is 15.6. The van der Waals surface area contributed by atoms with Gasteiger partial charge in [-0.2, -0.15) is 0 Å². The van der Waals surface area contributed by atoms with Crippen LogP contribution in [-0.4, -0.2) is 31.1 Å². The second-order valence-electron chi connectivity index (χ2n) is 3.68. The maximum atomic E-state index is 11.6. The Morgan fingerprint density at radius 1 is 1.50 bits per heavy atom. The molecule has 0 spiro atoms. The standard InChI is InChI=1S/C11H15N3O2/c1-12-9-8(16-7-3-4-7)5-6-14-10(9)11(15)13-2/h5-7,12H,3-4H2,1-2H3,(H,13,15). The van der Waals surface area contributed by atoms with Gasteiger partial charge in [0, 0.05) is 26.4 Å². The number of nitrogens with zero attached hydrogens (tertiary/aromatic N) is 1. The molecule has 1 aromatic heterocycles. The number of nitrogens with one attached hydrogen (secondary N) is 2. The minimum absolute atomic E-state index is 0.217. The normalized spacial score (nSPS) is 14.4. The first-order valence-electron chi connectivity index (χ1n) is 5.31. The zero-order valence-electron chi connectivity index (χ0n) is 9.41. The molecule has 0 bridgehead atoms. The Morgan fingerprint density at radius 2 is 2.25 bits per heavy atom. The monoisotopic (exact) mass is 221 g/mol. The van der Waals surface area contributed by atoms with Gasteiger partial charge in [-0.05, 0) is 12.8 Å². The minimum atomic E-state index is -0.217. The van der Waals surface area contributed by atoms with E-state index in [0.29, 0.717) is 23.2 Å². The van der Waals surface area contributed by atoms with E-state index in [1.807, 2.05) is 0 Å². The van der Waals surface area contributed by atoms with Crippen LogP contribution in [0.15, 0.2) is 12.3 Å². The van der Waals surface area contributed by atoms with E-state index in [9.17, 15) is 4.79 Å². The first-order chi connectivity index (χ1) is 7.76. The molecule has 1 aliphatic rings. The van der Waals surface area contributed by atoms with Crippen LogP contribution in [0.1, 0.15) is 23.3 Å². The Kier molecular flexibility index (Phi) is 2.94. The molecule has 0 saturated heterocycles. The summed E-state index contributed by atoms with van der Waals surface area (Å²) in [6.07, 6.45) is 4.05. The molecule has 5 heteroatoms. The van der Waals surface area contributed by atoms with Crippen molar-refractivity contribution in [2.24, 2.45) is 0 Å². The van der Waals surface area contributed by atoms with Gasteiger partial charge in [-0.1, -0.05) is 0 Å². The van der Waals surface area contributed by atoms with E-state index in [1.165, 1.54) is 0 Å². The van der Waals surface area contributed by atoms with Gasteiger partial charge in [0.05, 0.1) is 6.10 Å². The molecule has 1 aliphatic carbocycles. The van der Waals surface area contributed by atoms with Crippen LogP contribution < -0.4 is 15.4 Å². The fraction of sp³-hybridized carbons (Fsp3) is 0.455. The van der Waals surface area contributed by atoms with Crippen molar-refractivity contribution in [3.63, 3.8) is 0 Å². The van der Waals surface area contributed by atoms with Crippen LogP contribution in [-0.2, 0) is 0 Å². The van der Waals surface area contributed by atoms with Crippen LogP contribution in [0.5, 0.6) is 5.75 Å². The van der Waals surface area contributed by atoms with Crippen LogP contribution in [0, 0.1) is 0 Å². The van der Waals surface area contributed by atoms with Gasteiger partial charge in [0.2, 0.25) is 0 Å². The predicted molar refractivity (Wildman–Crippen MR) is 60.8 cm³/mol. The van der Waals surface area contributed by atoms with E-state index >= 15 is 0 Å². The fourth-order valence-corrected chi connectivity index (χ4v) is 1.44. The van der Waals surface area contributed by atoms with E-state index in [-0.39, 0.29) is 5.91 Å². The lowest BCUT2D eigenvalue weighted by Gasteiger charge is -2.13. The molecular formula is C11H15N3O2. The number of hydrogen-bond acceptors (Lipinski definition) is 4. The van der Waals surface area contributed by atoms with Gasteiger partial charge in [0.15, 0.2) is 5.69 Å². The summed E-state index contributed by atoms with van der Waals surface area (Å²) in [5, 5.41) is 5.52. The fourth-order valence-electron chi connectivity index (χ4n) is 1.44. The van der Waals surface area contributed by atoms with Gasteiger partial charge in [-0.3, -0.25) is 4.79 Å². The second-order valence-corrected chi connectivity index (χ2v) is 3.68. The van der Waals surface area contributed by atoms with Crippen LogP contribution in [0.3, 0.4) is 0 Å². The Labute approximate surface area is 94.2 Å². The zero-order valence-corrected chi connectivity index (χ0v) is 9.41. The summed E-state index contributed by atoms with van der Waals surface area (Å²) < 4.78 is 5.70. The van der Waals surface area contributed by atoms with E-state index in [0.717, 1.165) is 12.8 Å². The van der Waals surface area contributed by atoms with Crippen molar-refractivity contribution in [2.45, 2.75) is 18.9 Å². The molecule has 0 aliphatic heterocycles. The van der Waals surface area contributed by atoms with E-state index in [4.69, 9.17) is 4.74 Å². The molecule has 0 atom stereocenters. The van der Waals surface area contributed by atoms with Crippen LogP contribution in [0.2, 0.25) is 0 Å². The Hall–Kier alpha value is -1.78. The summed E-state index contributed by atoms with van der Waals surface area (Å²) in [7, 11) is 3.33. The van der Waals surface area contributed by atoms with Crippen molar-refractivity contribution in [3.8, 4) is 5.75 Å². The minimum Gasteiger partial charge on any atom is -0.488 e. The first kappa shape index (κ1) is 10.7. The largest absolute Gasteiger partial charge is 0.488 e. The number of rotatable bonds is 4. The number of pyridine rings is 1. The Balaban J connectivity index is 2.32. The highest BCUT2D eigenvalue weighted by atomic mass is 16.5. The van der Waals surface area contributed by atoms with Crippen molar-refractivity contribution >= 4 is 11.6 Å². The smallest absolute Gasteiger partial charge is 0.271 e. The molecule has 1 amide bonds. The van der Waals surface area contributed by atoms with Crippen molar-refractivity contribution in [2.75, 3.05) is 19.4 Å². The van der Waals surface area contributed by atoms with Crippen LogP contribution in [0.4, 0.5) is 5.69 Å². The summed E-state index contributed by atoms with van der Waals surface area (Å²) in [6, 6.07) is 1.77. The number of carbonyl (C=O) groups excluding carboxylic acids is 1. The number of amides is 1. The van der Waals surface area contributed by atoms with Crippen LogP contribution >= 0.6 is 0 Å². The quantitative estimate of drug-likeness (QED) is 0.797. The summed E-state index contributed by atoms with van der Waals surface area (Å²) >= 11 is 0. The van der Waals surface area contributed by atoms with Gasteiger partial charge < -0.3 is 15.4 Å². The molecule has 0 aromatic carbocycles. The average molecular weight is 221 g/mol. The SMILES string of the molecule is CNC(=O)c1nccc(OC2CC2)c1NC. The molecule has 2 N–H and O–H groups in total. The second kappa shape index (κ2) is 4.38. The predicted octanol–water partition coefficient (Wildman–Crippen LogP) is 1.02. The molecule has 1 heterocycles. The highest BCUT2D eigenvalue weighted by Crippen LogP contribution is 2.32. The lowest BCUT2D eigenvalue weighted by atomic mass is 10.2. The van der Waals surface area contributed by atoms with Crippen molar-refractivity contribution in [1.82, 2.24) is 10.3 Å². The number of hydrogen-bond donors (Lipinski definition) is 2. The maximum Gasteiger partial charge on any atom is 0.271 e. The molecule has 1 fully saturated rings. The molecule has 2 rings (SSSR count). The van der Waals surface area contributed by atoms with Gasteiger partial charge >= 0.3 is 0 Å². The third-order valence-electron chi connectivity index (χ3n) is 2.42. The van der Waals surface area contributed by atoms with E-state index in [2.05, 4.69) is 15.6 Å². The molecule has 16 heavy (non-hydrogen) atoms. The topological polar surface area (TPSA) is 63.2 Å². The third kappa shape index (κ3) is 2.08. The lowest BCUT2D eigenvalue weighted by Crippen LogP contribution is -2.21. The molecule has 0 unspecified atom stereocenters. The summed E-state index contributed by atoms with van der Waals surface area (Å²) in [5.74, 6) is 0.476. The highest BCUT2D eigenvalue weighted by molar-refractivity contribution is 5.98. The average Bonchev–Trinajstić information content (AvgIpc) is 3.11. The lowest BCUT2D eigenvalue weighted by molar-refractivity contribution is 0.0958. The molecule has 5 nitrogen and oxygen atoms in total. The van der Waals surface area contributed by atoms with Crippen LogP contribution in [0.25, 0.3) is 0 Å². The number of carbonyl (C=O) groups is 1. The highest BCUT2D eigenvalue weighted by Gasteiger charge is 2.26. The van der Waals surface area contributed by atoms with Gasteiger partial charge in [-0.25, -0.2) is 4.98 Å². The van der Waals surface area contributed by atoms with Crippen molar-refractivity contribution < 1.29 is 9.53 Å². The number of aromatic nitrogens is 1. The molecule has 0 radical (unpaired) electrons. The third-order valence-corrected chi connectivity index (χ3v) is 2.42. The van der Waals surface area contributed by atoms with E-state index in [1.54, 1.807) is 26.4 Å². The molecule has 86 valence electrons. The molecular weight excluding hydrogens is 206 g/mol. The summed E-state index contributed by atoms with van der Waals surface area (Å²) in [6.45, 7) is 0.